The number of nitrogens with one attached hydrogen (secondary N) is 1. The zero-order valence-corrected chi connectivity index (χ0v) is 13.1. The summed E-state index contributed by atoms with van der Waals surface area (Å²) in [5.74, 6) is 0.658. The minimum Gasteiger partial charge on any atom is -0.366 e. The third-order valence-electron chi connectivity index (χ3n) is 3.83. The van der Waals surface area contributed by atoms with Crippen molar-refractivity contribution in [3.63, 3.8) is 0 Å². The highest BCUT2D eigenvalue weighted by molar-refractivity contribution is 5.55. The molecule has 0 atom stereocenters. The summed E-state index contributed by atoms with van der Waals surface area (Å²) >= 11 is 0. The Hall–Kier alpha value is -1.09. The van der Waals surface area contributed by atoms with Crippen molar-refractivity contribution in [2.24, 2.45) is 5.92 Å². The minimum absolute atomic E-state index is 0.0950. The maximum absolute atomic E-state index is 14.4. The predicted molar refractivity (Wildman–Crippen MR) is 83.6 cm³/mol. The van der Waals surface area contributed by atoms with E-state index < -0.39 is 0 Å². The van der Waals surface area contributed by atoms with Crippen LogP contribution >= 0.6 is 0 Å². The molecule has 1 aromatic rings. The lowest BCUT2D eigenvalue weighted by atomic mass is 10.1. The van der Waals surface area contributed by atoms with Crippen LogP contribution in [0.1, 0.15) is 46.1 Å². The van der Waals surface area contributed by atoms with E-state index in [4.69, 9.17) is 0 Å². The molecule has 0 radical (unpaired) electrons. The monoisotopic (exact) mass is 278 g/mol. The first-order chi connectivity index (χ1) is 9.49. The summed E-state index contributed by atoms with van der Waals surface area (Å²) in [5, 5.41) is 3.40. The number of anilines is 1. The van der Waals surface area contributed by atoms with Gasteiger partial charge in [0.05, 0.1) is 5.69 Å². The van der Waals surface area contributed by atoms with Crippen molar-refractivity contribution < 1.29 is 4.39 Å². The number of halogens is 1. The molecule has 112 valence electrons. The number of hydrogen-bond donors (Lipinski definition) is 1. The first kappa shape index (κ1) is 15.3. The maximum atomic E-state index is 14.4. The predicted octanol–water partition coefficient (Wildman–Crippen LogP) is 3.95. The summed E-state index contributed by atoms with van der Waals surface area (Å²) in [7, 11) is 0. The van der Waals surface area contributed by atoms with Gasteiger partial charge in [0.2, 0.25) is 0 Å². The van der Waals surface area contributed by atoms with Crippen molar-refractivity contribution in [2.75, 3.05) is 11.4 Å². The van der Waals surface area contributed by atoms with Crippen molar-refractivity contribution in [3.05, 3.63) is 29.6 Å². The summed E-state index contributed by atoms with van der Waals surface area (Å²) < 4.78 is 14.4. The standard InChI is InChI=1S/C17H27FN2/c1-12(2)19-10-15-6-5-7-16(18)17(15)20(13(3)4)11-14-8-9-14/h5-7,12-14,19H,8-11H2,1-4H3. The third-order valence-corrected chi connectivity index (χ3v) is 3.83. The van der Waals surface area contributed by atoms with E-state index in [-0.39, 0.29) is 5.82 Å². The minimum atomic E-state index is -0.0950. The van der Waals surface area contributed by atoms with Crippen molar-refractivity contribution >= 4 is 5.69 Å². The zero-order chi connectivity index (χ0) is 14.7. The van der Waals surface area contributed by atoms with Gasteiger partial charge >= 0.3 is 0 Å². The normalized spacial score (nSPS) is 15.2. The van der Waals surface area contributed by atoms with Crippen molar-refractivity contribution in [3.8, 4) is 0 Å². The van der Waals surface area contributed by atoms with Crippen LogP contribution in [-0.2, 0) is 6.54 Å². The van der Waals surface area contributed by atoms with Crippen molar-refractivity contribution in [2.45, 2.75) is 59.2 Å². The van der Waals surface area contributed by atoms with Gasteiger partial charge in [-0.25, -0.2) is 4.39 Å². The highest BCUT2D eigenvalue weighted by atomic mass is 19.1. The maximum Gasteiger partial charge on any atom is 0.146 e. The van der Waals surface area contributed by atoms with Crippen molar-refractivity contribution in [1.29, 1.82) is 0 Å². The summed E-state index contributed by atoms with van der Waals surface area (Å²) in [6, 6.07) is 6.16. The molecule has 0 bridgehead atoms. The summed E-state index contributed by atoms with van der Waals surface area (Å²) in [6.45, 7) is 10.2. The number of rotatable bonds is 7. The average molecular weight is 278 g/mol. The zero-order valence-electron chi connectivity index (χ0n) is 13.1. The molecule has 3 heteroatoms. The summed E-state index contributed by atoms with van der Waals surface area (Å²) in [6.07, 6.45) is 2.58. The van der Waals surface area contributed by atoms with Gasteiger partial charge in [0.25, 0.3) is 0 Å². The van der Waals surface area contributed by atoms with E-state index in [9.17, 15) is 4.39 Å². The lowest BCUT2D eigenvalue weighted by Gasteiger charge is -2.31. The van der Waals surface area contributed by atoms with Gasteiger partial charge < -0.3 is 10.2 Å². The highest BCUT2D eigenvalue weighted by Crippen LogP contribution is 2.34. The number of nitrogens with zero attached hydrogens (tertiary/aromatic N) is 1. The molecule has 0 aliphatic heterocycles. The Labute approximate surface area is 122 Å². The average Bonchev–Trinajstić information content (AvgIpc) is 3.18. The Morgan fingerprint density at radius 2 is 1.95 bits per heavy atom. The first-order valence-electron chi connectivity index (χ1n) is 7.76. The van der Waals surface area contributed by atoms with E-state index in [1.165, 1.54) is 12.8 Å². The smallest absolute Gasteiger partial charge is 0.146 e. The molecule has 0 saturated heterocycles. The van der Waals surface area contributed by atoms with Gasteiger partial charge in [0.1, 0.15) is 5.82 Å². The van der Waals surface area contributed by atoms with Gasteiger partial charge in [-0.3, -0.25) is 0 Å². The Balaban J connectivity index is 2.25. The fraction of sp³-hybridized carbons (Fsp3) is 0.647. The molecule has 0 amide bonds. The van der Waals surface area contributed by atoms with Gasteiger partial charge in [0.15, 0.2) is 0 Å². The topological polar surface area (TPSA) is 15.3 Å². The van der Waals surface area contributed by atoms with Gasteiger partial charge in [-0.1, -0.05) is 26.0 Å². The molecule has 1 saturated carbocycles. The molecule has 1 N–H and O–H groups in total. The summed E-state index contributed by atoms with van der Waals surface area (Å²) in [5.41, 5.74) is 1.86. The van der Waals surface area contributed by atoms with Crippen LogP contribution in [0.15, 0.2) is 18.2 Å². The van der Waals surface area contributed by atoms with Crippen LogP contribution in [0.4, 0.5) is 10.1 Å². The Bertz CT molecular complexity index is 439. The van der Waals surface area contributed by atoms with Crippen LogP contribution in [0, 0.1) is 11.7 Å². The molecular formula is C17H27FN2. The fourth-order valence-corrected chi connectivity index (χ4v) is 2.48. The van der Waals surface area contributed by atoms with E-state index in [0.29, 0.717) is 12.1 Å². The number of para-hydroxylation sites is 1. The Kier molecular flexibility index (Phi) is 5.03. The molecule has 1 aliphatic rings. The van der Waals surface area contributed by atoms with Crippen LogP contribution in [0.3, 0.4) is 0 Å². The molecule has 1 aliphatic carbocycles. The molecule has 1 fully saturated rings. The second-order valence-electron chi connectivity index (χ2n) is 6.47. The Morgan fingerprint density at radius 1 is 1.25 bits per heavy atom. The largest absolute Gasteiger partial charge is 0.366 e. The fourth-order valence-electron chi connectivity index (χ4n) is 2.48. The molecular weight excluding hydrogens is 251 g/mol. The third kappa shape index (κ3) is 3.95. The lowest BCUT2D eigenvalue weighted by molar-refractivity contribution is 0.564. The summed E-state index contributed by atoms with van der Waals surface area (Å²) in [4.78, 5) is 2.24. The van der Waals surface area contributed by atoms with Crippen LogP contribution in [0.2, 0.25) is 0 Å². The molecule has 0 aromatic heterocycles. The number of benzene rings is 1. The van der Waals surface area contributed by atoms with Crippen LogP contribution in [-0.4, -0.2) is 18.6 Å². The molecule has 0 unspecified atom stereocenters. The molecule has 2 rings (SSSR count). The molecule has 20 heavy (non-hydrogen) atoms. The highest BCUT2D eigenvalue weighted by Gasteiger charge is 2.28. The van der Waals surface area contributed by atoms with Crippen LogP contribution in [0.25, 0.3) is 0 Å². The van der Waals surface area contributed by atoms with Gasteiger partial charge in [-0.05, 0) is 44.2 Å². The SMILES string of the molecule is CC(C)NCc1cccc(F)c1N(CC1CC1)C(C)C. The van der Waals surface area contributed by atoms with E-state index >= 15 is 0 Å². The second-order valence-corrected chi connectivity index (χ2v) is 6.47. The van der Waals surface area contributed by atoms with Gasteiger partial charge in [0, 0.05) is 25.2 Å². The molecule has 2 nitrogen and oxygen atoms in total. The molecule has 1 aromatic carbocycles. The van der Waals surface area contributed by atoms with Gasteiger partial charge in [-0.2, -0.15) is 0 Å². The second kappa shape index (κ2) is 6.57. The quantitative estimate of drug-likeness (QED) is 0.812. The van der Waals surface area contributed by atoms with Crippen LogP contribution in [0.5, 0.6) is 0 Å². The first-order valence-corrected chi connectivity index (χ1v) is 7.76. The molecule has 0 heterocycles. The van der Waals surface area contributed by atoms with Gasteiger partial charge in [-0.15, -0.1) is 0 Å². The van der Waals surface area contributed by atoms with Crippen molar-refractivity contribution in [1.82, 2.24) is 5.32 Å². The Morgan fingerprint density at radius 3 is 2.50 bits per heavy atom. The lowest BCUT2D eigenvalue weighted by Crippen LogP contribution is -2.35. The van der Waals surface area contributed by atoms with E-state index in [1.807, 2.05) is 12.1 Å². The van der Waals surface area contributed by atoms with E-state index in [1.54, 1.807) is 6.07 Å². The van der Waals surface area contributed by atoms with E-state index in [2.05, 4.69) is 37.9 Å². The van der Waals surface area contributed by atoms with E-state index in [0.717, 1.165) is 30.3 Å². The van der Waals surface area contributed by atoms with Crippen LogP contribution < -0.4 is 10.2 Å². The molecule has 0 spiro atoms. The number of hydrogen-bond acceptors (Lipinski definition) is 2.